The van der Waals surface area contributed by atoms with Gasteiger partial charge in [-0.1, -0.05) is 18.2 Å². The lowest BCUT2D eigenvalue weighted by Gasteiger charge is -2.16. The van der Waals surface area contributed by atoms with E-state index >= 15 is 0 Å². The Kier molecular flexibility index (Phi) is 4.53. The number of fused-ring (bicyclic) bond motifs is 3. The topological polar surface area (TPSA) is 96.5 Å². The largest absolute Gasteiger partial charge is 0.333 e. The number of imidazole rings is 1. The van der Waals surface area contributed by atoms with Crippen LogP contribution in [0.2, 0.25) is 0 Å². The summed E-state index contributed by atoms with van der Waals surface area (Å²) in [6.07, 6.45) is 3.38. The van der Waals surface area contributed by atoms with Gasteiger partial charge in [0.25, 0.3) is 0 Å². The molecule has 33 heavy (non-hydrogen) atoms. The third-order valence-electron chi connectivity index (χ3n) is 6.13. The first-order valence-electron chi connectivity index (χ1n) is 10.5. The number of nitriles is 1. The van der Waals surface area contributed by atoms with Crippen LogP contribution in [0.5, 0.6) is 0 Å². The molecule has 162 valence electrons. The third kappa shape index (κ3) is 3.24. The standard InChI is InChI=1S/C26H21N5O2/c1-26(2,15-27)18-6-8-19(9-7-18)31-24-20-12-16(17-5-11-23(32)29-13-17)4-10-21(20)28-14-22(24)30(3)25(31)33/h4-14H,1-3H3,(H,29,32). The summed E-state index contributed by atoms with van der Waals surface area (Å²) in [5, 5.41) is 10.3. The number of nitrogens with zero attached hydrogens (tertiary/aromatic N) is 4. The summed E-state index contributed by atoms with van der Waals surface area (Å²) in [4.78, 5) is 32.0. The van der Waals surface area contributed by atoms with Crippen molar-refractivity contribution in [3.05, 3.63) is 93.4 Å². The zero-order valence-electron chi connectivity index (χ0n) is 18.5. The summed E-state index contributed by atoms with van der Waals surface area (Å²) in [6, 6.07) is 18.9. The number of hydrogen-bond acceptors (Lipinski definition) is 4. The summed E-state index contributed by atoms with van der Waals surface area (Å²) < 4.78 is 3.26. The lowest BCUT2D eigenvalue weighted by atomic mass is 9.86. The van der Waals surface area contributed by atoms with Gasteiger partial charge in [0.1, 0.15) is 0 Å². The second-order valence-electron chi connectivity index (χ2n) is 8.63. The highest BCUT2D eigenvalue weighted by atomic mass is 16.1. The molecular formula is C26H21N5O2. The minimum absolute atomic E-state index is 0.163. The van der Waals surface area contributed by atoms with Gasteiger partial charge in [-0.15, -0.1) is 0 Å². The molecular weight excluding hydrogens is 414 g/mol. The van der Waals surface area contributed by atoms with Crippen LogP contribution in [0, 0.1) is 11.3 Å². The van der Waals surface area contributed by atoms with Crippen LogP contribution in [0.3, 0.4) is 0 Å². The molecule has 0 atom stereocenters. The Morgan fingerprint density at radius 2 is 1.73 bits per heavy atom. The third-order valence-corrected chi connectivity index (χ3v) is 6.13. The molecule has 0 fully saturated rings. The average molecular weight is 435 g/mol. The van der Waals surface area contributed by atoms with Crippen LogP contribution < -0.4 is 11.2 Å². The van der Waals surface area contributed by atoms with Gasteiger partial charge in [0.15, 0.2) is 0 Å². The van der Waals surface area contributed by atoms with E-state index in [2.05, 4.69) is 16.0 Å². The molecule has 0 aliphatic rings. The number of aromatic nitrogens is 4. The quantitative estimate of drug-likeness (QED) is 0.463. The molecule has 3 heterocycles. The predicted molar refractivity (Wildman–Crippen MR) is 129 cm³/mol. The molecule has 0 spiro atoms. The van der Waals surface area contributed by atoms with Crippen molar-refractivity contribution in [2.75, 3.05) is 0 Å². The Morgan fingerprint density at radius 1 is 1.00 bits per heavy atom. The van der Waals surface area contributed by atoms with Gasteiger partial charge in [0.2, 0.25) is 5.56 Å². The fourth-order valence-corrected chi connectivity index (χ4v) is 4.10. The van der Waals surface area contributed by atoms with E-state index in [1.165, 1.54) is 6.07 Å². The van der Waals surface area contributed by atoms with Crippen LogP contribution in [0.1, 0.15) is 19.4 Å². The van der Waals surface area contributed by atoms with Crippen LogP contribution >= 0.6 is 0 Å². The van der Waals surface area contributed by atoms with Gasteiger partial charge in [-0.25, -0.2) is 4.79 Å². The maximum absolute atomic E-state index is 13.3. The number of hydrogen-bond donors (Lipinski definition) is 1. The maximum atomic E-state index is 13.3. The van der Waals surface area contributed by atoms with Crippen LogP contribution in [0.4, 0.5) is 0 Å². The first-order chi connectivity index (χ1) is 15.8. The molecule has 3 aromatic heterocycles. The van der Waals surface area contributed by atoms with Crippen LogP contribution in [0.15, 0.2) is 76.6 Å². The molecule has 7 nitrogen and oxygen atoms in total. The van der Waals surface area contributed by atoms with Crippen molar-refractivity contribution in [1.82, 2.24) is 19.1 Å². The molecule has 7 heteroatoms. The molecule has 0 aliphatic heterocycles. The van der Waals surface area contributed by atoms with Crippen LogP contribution in [-0.2, 0) is 12.5 Å². The Bertz CT molecular complexity index is 1680. The smallest absolute Gasteiger partial charge is 0.328 e. The molecule has 1 N–H and O–H groups in total. The SMILES string of the molecule is Cn1c(=O)n(-c2ccc(C(C)(C)C#N)cc2)c2c3cc(-c4ccc(=O)[nH]c4)ccc3ncc21. The molecule has 0 unspecified atom stereocenters. The first-order valence-corrected chi connectivity index (χ1v) is 10.5. The second-order valence-corrected chi connectivity index (χ2v) is 8.63. The minimum Gasteiger partial charge on any atom is -0.328 e. The van der Waals surface area contributed by atoms with Gasteiger partial charge in [0, 0.05) is 24.7 Å². The van der Waals surface area contributed by atoms with E-state index in [9.17, 15) is 14.9 Å². The van der Waals surface area contributed by atoms with Crippen LogP contribution in [-0.4, -0.2) is 19.1 Å². The van der Waals surface area contributed by atoms with Crippen molar-refractivity contribution >= 4 is 21.9 Å². The maximum Gasteiger partial charge on any atom is 0.333 e. The lowest BCUT2D eigenvalue weighted by Crippen LogP contribution is -2.21. The molecule has 0 amide bonds. The number of rotatable bonds is 3. The van der Waals surface area contributed by atoms with Gasteiger partial charge in [-0.2, -0.15) is 5.26 Å². The molecule has 0 saturated heterocycles. The summed E-state index contributed by atoms with van der Waals surface area (Å²) >= 11 is 0. The van der Waals surface area contributed by atoms with Crippen molar-refractivity contribution < 1.29 is 0 Å². The van der Waals surface area contributed by atoms with E-state index < -0.39 is 5.41 Å². The molecule has 2 aromatic carbocycles. The number of aromatic amines is 1. The normalized spacial score (nSPS) is 11.7. The molecule has 5 rings (SSSR count). The highest BCUT2D eigenvalue weighted by molar-refractivity contribution is 6.04. The summed E-state index contributed by atoms with van der Waals surface area (Å²) in [5.74, 6) is 0. The van der Waals surface area contributed by atoms with E-state index in [4.69, 9.17) is 0 Å². The van der Waals surface area contributed by atoms with E-state index in [0.29, 0.717) is 11.2 Å². The molecule has 0 saturated carbocycles. The minimum atomic E-state index is -0.621. The lowest BCUT2D eigenvalue weighted by molar-refractivity contribution is 0.686. The molecule has 0 bridgehead atoms. The molecule has 0 aliphatic carbocycles. The predicted octanol–water partition coefficient (Wildman–Crippen LogP) is 4.03. The van der Waals surface area contributed by atoms with Gasteiger partial charge in [-0.3, -0.25) is 18.9 Å². The van der Waals surface area contributed by atoms with Gasteiger partial charge >= 0.3 is 5.69 Å². The van der Waals surface area contributed by atoms with Crippen molar-refractivity contribution in [3.63, 3.8) is 0 Å². The van der Waals surface area contributed by atoms with Crippen molar-refractivity contribution in [2.24, 2.45) is 7.05 Å². The molecule has 0 radical (unpaired) electrons. The number of benzene rings is 2. The monoisotopic (exact) mass is 435 g/mol. The number of H-pyrrole nitrogens is 1. The van der Waals surface area contributed by atoms with E-state index in [-0.39, 0.29) is 11.2 Å². The fraction of sp³-hybridized carbons (Fsp3) is 0.154. The van der Waals surface area contributed by atoms with Gasteiger partial charge < -0.3 is 4.98 Å². The highest BCUT2D eigenvalue weighted by Gasteiger charge is 2.21. The van der Waals surface area contributed by atoms with Crippen molar-refractivity contribution in [3.8, 4) is 22.9 Å². The van der Waals surface area contributed by atoms with E-state index in [0.717, 1.165) is 33.1 Å². The highest BCUT2D eigenvalue weighted by Crippen LogP contribution is 2.30. The number of aryl methyl sites for hydroxylation is 1. The first kappa shape index (κ1) is 20.5. The van der Waals surface area contributed by atoms with Crippen LogP contribution in [0.25, 0.3) is 38.8 Å². The zero-order chi connectivity index (χ0) is 23.3. The Hall–Kier alpha value is -4.44. The zero-order valence-corrected chi connectivity index (χ0v) is 18.5. The molecule has 5 aromatic rings. The van der Waals surface area contributed by atoms with Gasteiger partial charge in [-0.05, 0) is 60.9 Å². The summed E-state index contributed by atoms with van der Waals surface area (Å²) in [6.45, 7) is 3.73. The fourth-order valence-electron chi connectivity index (χ4n) is 4.10. The van der Waals surface area contributed by atoms with Crippen molar-refractivity contribution in [1.29, 1.82) is 5.26 Å². The van der Waals surface area contributed by atoms with Crippen molar-refractivity contribution in [2.45, 2.75) is 19.3 Å². The average Bonchev–Trinajstić information content (AvgIpc) is 3.09. The Labute approximate surface area is 189 Å². The summed E-state index contributed by atoms with van der Waals surface area (Å²) in [5.41, 5.74) is 4.63. The number of nitrogens with one attached hydrogen (secondary N) is 1. The Morgan fingerprint density at radius 3 is 2.39 bits per heavy atom. The number of pyridine rings is 2. The van der Waals surface area contributed by atoms with E-state index in [1.807, 2.05) is 56.3 Å². The van der Waals surface area contributed by atoms with Gasteiger partial charge in [0.05, 0.1) is 39.9 Å². The van der Waals surface area contributed by atoms with E-state index in [1.54, 1.807) is 34.6 Å². The summed E-state index contributed by atoms with van der Waals surface area (Å²) in [7, 11) is 1.73. The second kappa shape index (κ2) is 7.31. The Balaban J connectivity index is 1.79.